The van der Waals surface area contributed by atoms with Crippen LogP contribution in [0, 0.1) is 0 Å². The first-order valence-electron chi connectivity index (χ1n) is 7.12. The molecular weight excluding hydrogens is 402 g/mol. The zero-order valence-corrected chi connectivity index (χ0v) is 14.9. The zero-order valence-electron chi connectivity index (χ0n) is 11.8. The molecule has 1 aromatic heterocycles. The molecule has 0 spiro atoms. The lowest BCUT2D eigenvalue weighted by Gasteiger charge is -2.08. The Balaban J connectivity index is 2.13. The molecule has 0 aliphatic rings. The number of hydrogen-bond acceptors (Lipinski definition) is 0. The molecule has 0 fully saturated rings. The van der Waals surface area contributed by atoms with Crippen molar-refractivity contribution in [2.75, 3.05) is 0 Å². The van der Waals surface area contributed by atoms with Crippen LogP contribution < -0.4 is 0 Å². The second-order valence-electron chi connectivity index (χ2n) is 5.31. The van der Waals surface area contributed by atoms with Crippen LogP contribution in [0.5, 0.6) is 0 Å². The highest BCUT2D eigenvalue weighted by molar-refractivity contribution is 9.10. The molecule has 0 radical (unpaired) electrons. The molecule has 0 aliphatic carbocycles. The summed E-state index contributed by atoms with van der Waals surface area (Å²) in [5.74, 6) is 0. The van der Waals surface area contributed by atoms with Crippen molar-refractivity contribution in [2.24, 2.45) is 0 Å². The van der Waals surface area contributed by atoms with Crippen LogP contribution in [-0.2, 0) is 5.33 Å². The van der Waals surface area contributed by atoms with Gasteiger partial charge in [0, 0.05) is 26.3 Å². The van der Waals surface area contributed by atoms with Gasteiger partial charge in [0.1, 0.15) is 0 Å². The number of benzene rings is 3. The molecule has 0 bridgehead atoms. The summed E-state index contributed by atoms with van der Waals surface area (Å²) in [6.45, 7) is 0. The van der Waals surface area contributed by atoms with Crippen molar-refractivity contribution in [3.05, 3.63) is 76.8 Å². The number of rotatable bonds is 2. The molecule has 1 nitrogen and oxygen atoms in total. The monoisotopic (exact) mass is 413 g/mol. The highest BCUT2D eigenvalue weighted by Crippen LogP contribution is 2.33. The number of fused-ring (bicyclic) bond motifs is 3. The van der Waals surface area contributed by atoms with Gasteiger partial charge in [0.05, 0.1) is 11.0 Å². The van der Waals surface area contributed by atoms with Crippen molar-refractivity contribution < 1.29 is 0 Å². The van der Waals surface area contributed by atoms with E-state index in [1.807, 2.05) is 0 Å². The molecule has 1 heterocycles. The average molecular weight is 415 g/mol. The molecule has 0 saturated heterocycles. The van der Waals surface area contributed by atoms with E-state index in [0.29, 0.717) is 0 Å². The van der Waals surface area contributed by atoms with Crippen LogP contribution in [0.3, 0.4) is 0 Å². The van der Waals surface area contributed by atoms with E-state index in [4.69, 9.17) is 0 Å². The summed E-state index contributed by atoms with van der Waals surface area (Å²) in [7, 11) is 0. The Bertz CT molecular complexity index is 968. The predicted octanol–water partition coefficient (Wildman–Crippen LogP) is 6.44. The predicted molar refractivity (Wildman–Crippen MR) is 101 cm³/mol. The van der Waals surface area contributed by atoms with E-state index in [2.05, 4.69) is 103 Å². The second kappa shape index (κ2) is 5.56. The van der Waals surface area contributed by atoms with Crippen LogP contribution in [0.15, 0.2) is 71.2 Å². The van der Waals surface area contributed by atoms with E-state index < -0.39 is 0 Å². The third-order valence-corrected chi connectivity index (χ3v) is 5.15. The van der Waals surface area contributed by atoms with Gasteiger partial charge in [-0.1, -0.05) is 56.1 Å². The molecule has 4 aromatic rings. The maximum absolute atomic E-state index is 3.55. The molecule has 0 amide bonds. The summed E-state index contributed by atoms with van der Waals surface area (Å²) in [6.07, 6.45) is 0. The Hall–Kier alpha value is -1.58. The van der Waals surface area contributed by atoms with E-state index in [-0.39, 0.29) is 0 Å². The molecular formula is C19H13Br2N. The van der Waals surface area contributed by atoms with Crippen LogP contribution >= 0.6 is 31.9 Å². The van der Waals surface area contributed by atoms with Crippen molar-refractivity contribution in [3.8, 4) is 5.69 Å². The molecule has 0 N–H and O–H groups in total. The van der Waals surface area contributed by atoms with Crippen molar-refractivity contribution >= 4 is 53.7 Å². The molecule has 0 unspecified atom stereocenters. The van der Waals surface area contributed by atoms with E-state index in [1.54, 1.807) is 0 Å². The summed E-state index contributed by atoms with van der Waals surface area (Å²) in [4.78, 5) is 0. The lowest BCUT2D eigenvalue weighted by atomic mass is 10.1. The van der Waals surface area contributed by atoms with Crippen LogP contribution in [0.4, 0.5) is 0 Å². The number of para-hydroxylation sites is 1. The number of halogens is 2. The summed E-state index contributed by atoms with van der Waals surface area (Å²) in [5.41, 5.74) is 4.96. The lowest BCUT2D eigenvalue weighted by Crippen LogP contribution is -1.93. The van der Waals surface area contributed by atoms with E-state index in [1.165, 1.54) is 33.1 Å². The molecule has 0 aliphatic heterocycles. The van der Waals surface area contributed by atoms with Crippen molar-refractivity contribution in [1.82, 2.24) is 4.57 Å². The third kappa shape index (κ3) is 2.20. The maximum Gasteiger partial charge on any atom is 0.0541 e. The van der Waals surface area contributed by atoms with Crippen molar-refractivity contribution in [2.45, 2.75) is 5.33 Å². The molecule has 108 valence electrons. The van der Waals surface area contributed by atoms with Gasteiger partial charge >= 0.3 is 0 Å². The van der Waals surface area contributed by atoms with Crippen molar-refractivity contribution in [1.29, 1.82) is 0 Å². The summed E-state index contributed by atoms with van der Waals surface area (Å²) in [5, 5.41) is 3.47. The van der Waals surface area contributed by atoms with Gasteiger partial charge in [-0.25, -0.2) is 0 Å². The lowest BCUT2D eigenvalue weighted by molar-refractivity contribution is 1.18. The van der Waals surface area contributed by atoms with Gasteiger partial charge in [0.15, 0.2) is 0 Å². The van der Waals surface area contributed by atoms with Crippen molar-refractivity contribution in [3.63, 3.8) is 0 Å². The Morgan fingerprint density at radius 2 is 1.50 bits per heavy atom. The van der Waals surface area contributed by atoms with E-state index in [0.717, 1.165) is 9.80 Å². The standard InChI is InChI=1S/C19H13Br2N/c20-12-13-5-10-19-17(11-13)16-3-1-2-4-18(16)22(19)15-8-6-14(21)7-9-15/h1-11H,12H2. The summed E-state index contributed by atoms with van der Waals surface area (Å²) < 4.78 is 3.42. The molecule has 3 aromatic carbocycles. The topological polar surface area (TPSA) is 4.93 Å². The highest BCUT2D eigenvalue weighted by atomic mass is 79.9. The minimum Gasteiger partial charge on any atom is -0.309 e. The first-order valence-corrected chi connectivity index (χ1v) is 9.03. The van der Waals surface area contributed by atoms with Crippen LogP contribution in [0.1, 0.15) is 5.56 Å². The van der Waals surface area contributed by atoms with Gasteiger partial charge in [-0.2, -0.15) is 0 Å². The van der Waals surface area contributed by atoms with E-state index >= 15 is 0 Å². The SMILES string of the molecule is BrCc1ccc2c(c1)c1ccccc1n2-c1ccc(Br)cc1. The molecule has 3 heteroatoms. The minimum atomic E-state index is 0.876. The van der Waals surface area contributed by atoms with Gasteiger partial charge in [-0.05, 0) is 48.0 Å². The van der Waals surface area contributed by atoms with Crippen LogP contribution in [-0.4, -0.2) is 4.57 Å². The highest BCUT2D eigenvalue weighted by Gasteiger charge is 2.12. The maximum atomic E-state index is 3.55. The fourth-order valence-corrected chi connectivity index (χ4v) is 3.58. The Kier molecular flexibility index (Phi) is 3.55. The molecule has 22 heavy (non-hydrogen) atoms. The van der Waals surface area contributed by atoms with Gasteiger partial charge in [0.25, 0.3) is 0 Å². The van der Waals surface area contributed by atoms with Crippen LogP contribution in [0.2, 0.25) is 0 Å². The zero-order chi connectivity index (χ0) is 15.1. The normalized spacial score (nSPS) is 11.4. The number of aromatic nitrogens is 1. The van der Waals surface area contributed by atoms with Gasteiger partial charge in [-0.15, -0.1) is 0 Å². The van der Waals surface area contributed by atoms with Crippen LogP contribution in [0.25, 0.3) is 27.5 Å². The fourth-order valence-electron chi connectivity index (χ4n) is 2.97. The van der Waals surface area contributed by atoms with Gasteiger partial charge in [0.2, 0.25) is 0 Å². The molecule has 0 atom stereocenters. The quantitative estimate of drug-likeness (QED) is 0.332. The summed E-state index contributed by atoms with van der Waals surface area (Å²) in [6, 6.07) is 23.7. The number of nitrogens with zero attached hydrogens (tertiary/aromatic N) is 1. The van der Waals surface area contributed by atoms with E-state index in [9.17, 15) is 0 Å². The Morgan fingerprint density at radius 3 is 2.27 bits per heavy atom. The Labute approximate surface area is 145 Å². The Morgan fingerprint density at radius 1 is 0.773 bits per heavy atom. The molecule has 0 saturated carbocycles. The smallest absolute Gasteiger partial charge is 0.0541 e. The third-order valence-electron chi connectivity index (χ3n) is 3.98. The largest absolute Gasteiger partial charge is 0.309 e. The average Bonchev–Trinajstić information content (AvgIpc) is 2.89. The second-order valence-corrected chi connectivity index (χ2v) is 6.79. The number of alkyl halides is 1. The fraction of sp³-hybridized carbons (Fsp3) is 0.0526. The number of hydrogen-bond donors (Lipinski definition) is 0. The summed E-state index contributed by atoms with van der Waals surface area (Å²) >= 11 is 7.07. The minimum absolute atomic E-state index is 0.876. The van der Waals surface area contributed by atoms with Gasteiger partial charge < -0.3 is 4.57 Å². The van der Waals surface area contributed by atoms with Gasteiger partial charge in [-0.3, -0.25) is 0 Å². The first kappa shape index (κ1) is 14.0. The molecule has 4 rings (SSSR count). The first-order chi connectivity index (χ1) is 10.8.